The van der Waals surface area contributed by atoms with E-state index in [2.05, 4.69) is 15.6 Å². The maximum Gasteiger partial charge on any atom is 0.162 e. The Kier molecular flexibility index (Phi) is 3.52. The highest BCUT2D eigenvalue weighted by molar-refractivity contribution is 5.33. The fourth-order valence-corrected chi connectivity index (χ4v) is 1.48. The predicted molar refractivity (Wildman–Crippen MR) is 65.6 cm³/mol. The highest BCUT2D eigenvalue weighted by Crippen LogP contribution is 2.14. The highest BCUT2D eigenvalue weighted by atomic mass is 16.5. The van der Waals surface area contributed by atoms with Gasteiger partial charge >= 0.3 is 0 Å². The van der Waals surface area contributed by atoms with Crippen LogP contribution >= 0.6 is 0 Å². The first kappa shape index (κ1) is 11.3. The molecule has 5 heteroatoms. The van der Waals surface area contributed by atoms with Crippen LogP contribution in [-0.2, 0) is 6.42 Å². The van der Waals surface area contributed by atoms with Gasteiger partial charge in [-0.2, -0.15) is 5.10 Å². The largest absolute Gasteiger partial charge is 0.497 e. The van der Waals surface area contributed by atoms with Gasteiger partial charge in [0.15, 0.2) is 5.82 Å². The van der Waals surface area contributed by atoms with Crippen LogP contribution in [0, 0.1) is 0 Å². The normalized spacial score (nSPS) is 10.0. The molecule has 0 amide bonds. The number of hydrogen-bond donors (Lipinski definition) is 2. The lowest BCUT2D eigenvalue weighted by molar-refractivity contribution is 0.414. The maximum atomic E-state index is 5.22. The maximum absolute atomic E-state index is 5.22. The number of nitrogens with one attached hydrogen (secondary N) is 1. The number of nitrogen functional groups attached to an aromatic ring is 1. The van der Waals surface area contributed by atoms with Gasteiger partial charge in [-0.15, -0.1) is 5.10 Å². The molecule has 17 heavy (non-hydrogen) atoms. The zero-order valence-electron chi connectivity index (χ0n) is 9.55. The minimum Gasteiger partial charge on any atom is -0.497 e. The fourth-order valence-electron chi connectivity index (χ4n) is 1.48. The van der Waals surface area contributed by atoms with Crippen LogP contribution in [0.15, 0.2) is 36.4 Å². The molecule has 1 aromatic heterocycles. The first-order valence-electron chi connectivity index (χ1n) is 5.24. The summed E-state index contributed by atoms with van der Waals surface area (Å²) >= 11 is 0. The molecule has 1 aromatic carbocycles. The van der Waals surface area contributed by atoms with E-state index in [0.29, 0.717) is 5.82 Å². The van der Waals surface area contributed by atoms with Crippen molar-refractivity contribution in [1.82, 2.24) is 10.2 Å². The van der Waals surface area contributed by atoms with E-state index >= 15 is 0 Å². The summed E-state index contributed by atoms with van der Waals surface area (Å²) in [5.41, 5.74) is 4.50. The zero-order valence-corrected chi connectivity index (χ0v) is 9.55. The summed E-state index contributed by atoms with van der Waals surface area (Å²) < 4.78 is 5.10. The van der Waals surface area contributed by atoms with Gasteiger partial charge in [0.05, 0.1) is 12.8 Å². The lowest BCUT2D eigenvalue weighted by Gasteiger charge is -2.03. The minimum atomic E-state index is 0.559. The molecule has 0 aliphatic carbocycles. The van der Waals surface area contributed by atoms with Crippen molar-refractivity contribution in [3.63, 3.8) is 0 Å². The summed E-state index contributed by atoms with van der Waals surface area (Å²) in [7, 11) is 1.65. The summed E-state index contributed by atoms with van der Waals surface area (Å²) in [6, 6.07) is 11.6. The summed E-state index contributed by atoms with van der Waals surface area (Å²) in [4.78, 5) is 0. The minimum absolute atomic E-state index is 0.559. The standard InChI is InChI=1S/C12H14N4O/c1-17-11-5-2-9(3-6-11)8-10-4-7-12(14-13)16-15-10/h2-7H,8,13H2,1H3,(H,14,16). The third-order valence-corrected chi connectivity index (χ3v) is 2.41. The zero-order chi connectivity index (χ0) is 12.1. The molecular weight excluding hydrogens is 216 g/mol. The number of aromatic nitrogens is 2. The number of nitrogens with zero attached hydrogens (tertiary/aromatic N) is 2. The van der Waals surface area contributed by atoms with Crippen LogP contribution in [0.4, 0.5) is 5.82 Å². The lowest BCUT2D eigenvalue weighted by Crippen LogP contribution is -2.09. The quantitative estimate of drug-likeness (QED) is 0.613. The van der Waals surface area contributed by atoms with Crippen LogP contribution < -0.4 is 16.0 Å². The Morgan fingerprint density at radius 1 is 1.12 bits per heavy atom. The fraction of sp³-hybridized carbons (Fsp3) is 0.167. The third-order valence-electron chi connectivity index (χ3n) is 2.41. The van der Waals surface area contributed by atoms with E-state index in [1.165, 1.54) is 0 Å². The van der Waals surface area contributed by atoms with Crippen molar-refractivity contribution in [3.8, 4) is 5.75 Å². The molecule has 5 nitrogen and oxygen atoms in total. The molecule has 0 radical (unpaired) electrons. The van der Waals surface area contributed by atoms with Crippen molar-refractivity contribution in [2.75, 3.05) is 12.5 Å². The number of hydrogen-bond acceptors (Lipinski definition) is 5. The summed E-state index contributed by atoms with van der Waals surface area (Å²) in [5.74, 6) is 6.63. The van der Waals surface area contributed by atoms with Crippen molar-refractivity contribution in [3.05, 3.63) is 47.7 Å². The molecule has 0 bridgehead atoms. The Morgan fingerprint density at radius 3 is 2.41 bits per heavy atom. The van der Waals surface area contributed by atoms with Crippen LogP contribution in [0.2, 0.25) is 0 Å². The molecule has 88 valence electrons. The molecule has 0 aliphatic heterocycles. The van der Waals surface area contributed by atoms with Crippen LogP contribution in [0.1, 0.15) is 11.3 Å². The molecule has 2 rings (SSSR count). The molecular formula is C12H14N4O. The van der Waals surface area contributed by atoms with Gasteiger partial charge in [0, 0.05) is 6.42 Å². The van der Waals surface area contributed by atoms with Crippen LogP contribution in [0.25, 0.3) is 0 Å². The average molecular weight is 230 g/mol. The first-order chi connectivity index (χ1) is 8.31. The van der Waals surface area contributed by atoms with Crippen molar-refractivity contribution in [1.29, 1.82) is 0 Å². The molecule has 3 N–H and O–H groups in total. The van der Waals surface area contributed by atoms with E-state index < -0.39 is 0 Å². The molecule has 0 spiro atoms. The van der Waals surface area contributed by atoms with Crippen LogP contribution in [0.5, 0.6) is 5.75 Å². The van der Waals surface area contributed by atoms with E-state index in [1.807, 2.05) is 30.3 Å². The molecule has 0 fully saturated rings. The molecule has 0 saturated carbocycles. The molecule has 1 heterocycles. The van der Waals surface area contributed by atoms with E-state index in [-0.39, 0.29) is 0 Å². The summed E-state index contributed by atoms with van der Waals surface area (Å²) in [6.07, 6.45) is 0.738. The van der Waals surface area contributed by atoms with Crippen LogP contribution in [0.3, 0.4) is 0 Å². The van der Waals surface area contributed by atoms with Gasteiger partial charge in [0.1, 0.15) is 5.75 Å². The SMILES string of the molecule is COc1ccc(Cc2ccc(NN)nn2)cc1. The second-order valence-corrected chi connectivity index (χ2v) is 3.58. The summed E-state index contributed by atoms with van der Waals surface area (Å²) in [5, 5.41) is 7.98. The molecule has 0 saturated heterocycles. The van der Waals surface area contributed by atoms with Gasteiger partial charge in [-0.1, -0.05) is 12.1 Å². The summed E-state index contributed by atoms with van der Waals surface area (Å²) in [6.45, 7) is 0. The topological polar surface area (TPSA) is 73.1 Å². The Balaban J connectivity index is 2.08. The second-order valence-electron chi connectivity index (χ2n) is 3.58. The Hall–Kier alpha value is -2.14. The molecule has 0 atom stereocenters. The molecule has 0 unspecified atom stereocenters. The Labute approximate surface area is 99.6 Å². The van der Waals surface area contributed by atoms with E-state index in [1.54, 1.807) is 13.2 Å². The Morgan fingerprint density at radius 2 is 1.88 bits per heavy atom. The van der Waals surface area contributed by atoms with Crippen LogP contribution in [-0.4, -0.2) is 17.3 Å². The van der Waals surface area contributed by atoms with Gasteiger partial charge in [-0.05, 0) is 29.8 Å². The number of nitrogens with two attached hydrogens (primary N) is 1. The monoisotopic (exact) mass is 230 g/mol. The van der Waals surface area contributed by atoms with Crippen molar-refractivity contribution in [2.24, 2.45) is 5.84 Å². The van der Waals surface area contributed by atoms with Gasteiger partial charge in [-0.3, -0.25) is 0 Å². The molecule has 2 aromatic rings. The third kappa shape index (κ3) is 2.92. The second kappa shape index (κ2) is 5.27. The number of rotatable bonds is 4. The van der Waals surface area contributed by atoms with Crippen molar-refractivity contribution in [2.45, 2.75) is 6.42 Å². The average Bonchev–Trinajstić information content (AvgIpc) is 2.40. The number of ether oxygens (including phenoxy) is 1. The van der Waals surface area contributed by atoms with Gasteiger partial charge in [-0.25, -0.2) is 5.84 Å². The van der Waals surface area contributed by atoms with E-state index in [9.17, 15) is 0 Å². The van der Waals surface area contributed by atoms with Gasteiger partial charge < -0.3 is 10.2 Å². The number of benzene rings is 1. The van der Waals surface area contributed by atoms with Crippen molar-refractivity contribution >= 4 is 5.82 Å². The van der Waals surface area contributed by atoms with Gasteiger partial charge in [0.25, 0.3) is 0 Å². The van der Waals surface area contributed by atoms with Gasteiger partial charge in [0.2, 0.25) is 0 Å². The van der Waals surface area contributed by atoms with E-state index in [4.69, 9.17) is 10.6 Å². The molecule has 0 aliphatic rings. The number of hydrazine groups is 1. The van der Waals surface area contributed by atoms with E-state index in [0.717, 1.165) is 23.4 Å². The number of methoxy groups -OCH3 is 1. The Bertz CT molecular complexity index is 421. The smallest absolute Gasteiger partial charge is 0.162 e. The first-order valence-corrected chi connectivity index (χ1v) is 5.24. The van der Waals surface area contributed by atoms with Crippen molar-refractivity contribution < 1.29 is 4.74 Å². The predicted octanol–water partition coefficient (Wildman–Crippen LogP) is 1.36. The highest BCUT2D eigenvalue weighted by Gasteiger charge is 1.99. The lowest BCUT2D eigenvalue weighted by atomic mass is 10.1. The number of anilines is 1.